The molecule has 1 aliphatic rings. The average molecular weight is 513 g/mol. The SMILES string of the molecule is CCSc1ccc(Cl)cc1Cn1cnc2cc(CN3CCNCC3)c(OC(F)(F)F)cc2c1=O. The monoisotopic (exact) mass is 512 g/mol. The second kappa shape index (κ2) is 10.6. The molecule has 1 aromatic heterocycles. The number of thioether (sulfide) groups is 1. The van der Waals surface area contributed by atoms with Gasteiger partial charge < -0.3 is 10.1 Å². The minimum atomic E-state index is -4.87. The number of aromatic nitrogens is 2. The summed E-state index contributed by atoms with van der Waals surface area (Å²) < 4.78 is 45.2. The normalized spacial score (nSPS) is 15.1. The molecule has 0 atom stereocenters. The highest BCUT2D eigenvalue weighted by Gasteiger charge is 2.33. The zero-order valence-corrected chi connectivity index (χ0v) is 20.1. The number of halogens is 4. The Morgan fingerprint density at radius 2 is 1.91 bits per heavy atom. The van der Waals surface area contributed by atoms with E-state index >= 15 is 0 Å². The number of ether oxygens (including phenoxy) is 1. The lowest BCUT2D eigenvalue weighted by atomic mass is 10.1. The molecule has 0 spiro atoms. The van der Waals surface area contributed by atoms with Crippen LogP contribution in [0.2, 0.25) is 5.02 Å². The number of fused-ring (bicyclic) bond motifs is 1. The van der Waals surface area contributed by atoms with E-state index in [1.165, 1.54) is 17.0 Å². The first kappa shape index (κ1) is 24.8. The zero-order chi connectivity index (χ0) is 24.3. The first-order valence-corrected chi connectivity index (χ1v) is 12.2. The van der Waals surface area contributed by atoms with Gasteiger partial charge in [0.2, 0.25) is 0 Å². The number of benzene rings is 2. The maximum Gasteiger partial charge on any atom is 0.573 e. The van der Waals surface area contributed by atoms with Crippen LogP contribution in [0.1, 0.15) is 18.1 Å². The molecule has 0 amide bonds. The van der Waals surface area contributed by atoms with Gasteiger partial charge in [-0.25, -0.2) is 4.98 Å². The minimum absolute atomic E-state index is 0.0672. The Labute approximate surface area is 204 Å². The number of hydrogen-bond donors (Lipinski definition) is 1. The van der Waals surface area contributed by atoms with Crippen molar-refractivity contribution in [3.63, 3.8) is 0 Å². The largest absolute Gasteiger partial charge is 0.573 e. The Morgan fingerprint density at radius 1 is 1.15 bits per heavy atom. The molecule has 2 heterocycles. The van der Waals surface area contributed by atoms with Gasteiger partial charge in [0.1, 0.15) is 5.75 Å². The molecule has 182 valence electrons. The van der Waals surface area contributed by atoms with Gasteiger partial charge >= 0.3 is 6.36 Å². The average Bonchev–Trinajstić information content (AvgIpc) is 2.78. The predicted molar refractivity (Wildman–Crippen MR) is 128 cm³/mol. The minimum Gasteiger partial charge on any atom is -0.405 e. The summed E-state index contributed by atoms with van der Waals surface area (Å²) in [7, 11) is 0. The third-order valence-corrected chi connectivity index (χ3v) is 6.73. The van der Waals surface area contributed by atoms with Crippen molar-refractivity contribution in [2.75, 3.05) is 31.9 Å². The summed E-state index contributed by atoms with van der Waals surface area (Å²) in [5.41, 5.74) is 1.06. The first-order valence-electron chi connectivity index (χ1n) is 10.9. The van der Waals surface area contributed by atoms with Crippen molar-refractivity contribution in [3.8, 4) is 5.75 Å². The molecule has 6 nitrogen and oxygen atoms in total. The summed E-state index contributed by atoms with van der Waals surface area (Å²) in [4.78, 5) is 20.6. The third-order valence-electron chi connectivity index (χ3n) is 5.50. The lowest BCUT2D eigenvalue weighted by Gasteiger charge is -2.28. The highest BCUT2D eigenvalue weighted by molar-refractivity contribution is 7.99. The van der Waals surface area contributed by atoms with Crippen LogP contribution in [0.3, 0.4) is 0 Å². The van der Waals surface area contributed by atoms with Gasteiger partial charge in [-0.3, -0.25) is 14.3 Å². The van der Waals surface area contributed by atoms with Crippen molar-refractivity contribution in [3.05, 3.63) is 63.2 Å². The van der Waals surface area contributed by atoms with Crippen molar-refractivity contribution in [2.24, 2.45) is 0 Å². The standard InChI is InChI=1S/C23H24ClF3N4O2S/c1-2-34-21-4-3-17(24)9-16(21)13-31-14-29-19-10-15(12-30-7-5-28-6-8-30)20(33-23(25,26)27)11-18(19)22(31)32/h3-4,9-11,14,28H,2,5-8,12-13H2,1H3. The highest BCUT2D eigenvalue weighted by atomic mass is 35.5. The van der Waals surface area contributed by atoms with E-state index in [0.717, 1.165) is 35.4 Å². The molecule has 1 fully saturated rings. The molecule has 0 saturated carbocycles. The van der Waals surface area contributed by atoms with Gasteiger partial charge in [0.15, 0.2) is 0 Å². The molecule has 2 aromatic carbocycles. The quantitative estimate of drug-likeness (QED) is 0.470. The maximum absolute atomic E-state index is 13.2. The van der Waals surface area contributed by atoms with Crippen LogP contribution in [0.15, 0.2) is 46.3 Å². The Balaban J connectivity index is 1.73. The maximum atomic E-state index is 13.2. The van der Waals surface area contributed by atoms with E-state index in [9.17, 15) is 18.0 Å². The number of hydrogen-bond acceptors (Lipinski definition) is 6. The van der Waals surface area contributed by atoms with E-state index in [-0.39, 0.29) is 24.2 Å². The van der Waals surface area contributed by atoms with E-state index in [1.807, 2.05) is 17.9 Å². The summed E-state index contributed by atoms with van der Waals surface area (Å²) in [6.07, 6.45) is -3.45. The van der Waals surface area contributed by atoms with Gasteiger partial charge in [0.05, 0.1) is 23.8 Å². The van der Waals surface area contributed by atoms with Crippen LogP contribution in [-0.4, -0.2) is 52.7 Å². The molecule has 4 rings (SSSR count). The molecule has 1 N–H and O–H groups in total. The molecular weight excluding hydrogens is 489 g/mol. The number of nitrogens with one attached hydrogen (secondary N) is 1. The van der Waals surface area contributed by atoms with E-state index in [0.29, 0.717) is 29.2 Å². The Kier molecular flexibility index (Phi) is 7.71. The fourth-order valence-corrected chi connectivity index (χ4v) is 4.93. The Morgan fingerprint density at radius 3 is 2.62 bits per heavy atom. The summed E-state index contributed by atoms with van der Waals surface area (Å²) >= 11 is 7.77. The molecule has 34 heavy (non-hydrogen) atoms. The van der Waals surface area contributed by atoms with Crippen molar-refractivity contribution in [1.82, 2.24) is 19.8 Å². The smallest absolute Gasteiger partial charge is 0.405 e. The van der Waals surface area contributed by atoms with Crippen LogP contribution in [0, 0.1) is 0 Å². The second-order valence-electron chi connectivity index (χ2n) is 7.91. The lowest BCUT2D eigenvalue weighted by molar-refractivity contribution is -0.274. The summed E-state index contributed by atoms with van der Waals surface area (Å²) in [5.74, 6) is 0.466. The van der Waals surface area contributed by atoms with Crippen LogP contribution >= 0.6 is 23.4 Å². The van der Waals surface area contributed by atoms with E-state index in [2.05, 4.69) is 15.0 Å². The third kappa shape index (κ3) is 6.04. The Hall–Kier alpha value is -2.27. The first-order chi connectivity index (χ1) is 16.2. The summed E-state index contributed by atoms with van der Waals surface area (Å²) in [6.45, 7) is 5.41. The second-order valence-corrected chi connectivity index (χ2v) is 9.66. The number of piperazine rings is 1. The van der Waals surface area contributed by atoms with E-state index in [4.69, 9.17) is 11.6 Å². The topological polar surface area (TPSA) is 59.4 Å². The molecule has 11 heteroatoms. The summed E-state index contributed by atoms with van der Waals surface area (Å²) in [5, 5.41) is 3.82. The fraction of sp³-hybridized carbons (Fsp3) is 0.391. The van der Waals surface area contributed by atoms with Gasteiger partial charge in [-0.05, 0) is 41.6 Å². The molecule has 0 bridgehead atoms. The van der Waals surface area contributed by atoms with Crippen molar-refractivity contribution in [1.29, 1.82) is 0 Å². The molecule has 3 aromatic rings. The molecule has 0 aliphatic carbocycles. The van der Waals surface area contributed by atoms with E-state index in [1.54, 1.807) is 23.9 Å². The van der Waals surface area contributed by atoms with Crippen LogP contribution < -0.4 is 15.6 Å². The van der Waals surface area contributed by atoms with Gasteiger partial charge in [0.25, 0.3) is 5.56 Å². The number of nitrogens with zero attached hydrogens (tertiary/aromatic N) is 3. The van der Waals surface area contributed by atoms with Crippen molar-refractivity contribution >= 4 is 34.3 Å². The van der Waals surface area contributed by atoms with Gasteiger partial charge in [-0.15, -0.1) is 24.9 Å². The molecule has 1 aliphatic heterocycles. The van der Waals surface area contributed by atoms with Crippen LogP contribution in [-0.2, 0) is 13.1 Å². The molecule has 1 saturated heterocycles. The van der Waals surface area contributed by atoms with Crippen LogP contribution in [0.5, 0.6) is 5.75 Å². The van der Waals surface area contributed by atoms with Gasteiger partial charge in [-0.1, -0.05) is 18.5 Å². The Bertz CT molecular complexity index is 1230. The van der Waals surface area contributed by atoms with Gasteiger partial charge in [-0.2, -0.15) is 0 Å². The summed E-state index contributed by atoms with van der Waals surface area (Å²) in [6, 6.07) is 8.13. The molecule has 0 unspecified atom stereocenters. The number of alkyl halides is 3. The van der Waals surface area contributed by atoms with Crippen LogP contribution in [0.25, 0.3) is 10.9 Å². The highest BCUT2D eigenvalue weighted by Crippen LogP contribution is 2.31. The number of rotatable bonds is 7. The van der Waals surface area contributed by atoms with Crippen molar-refractivity contribution < 1.29 is 17.9 Å². The fourth-order valence-electron chi connectivity index (χ4n) is 3.95. The molecule has 0 radical (unpaired) electrons. The molecular formula is C23H24ClF3N4O2S. The lowest BCUT2D eigenvalue weighted by Crippen LogP contribution is -2.43. The van der Waals surface area contributed by atoms with Crippen LogP contribution in [0.4, 0.5) is 13.2 Å². The van der Waals surface area contributed by atoms with Crippen molar-refractivity contribution in [2.45, 2.75) is 31.3 Å². The predicted octanol–water partition coefficient (Wildman–Crippen LogP) is 4.51. The zero-order valence-electron chi connectivity index (χ0n) is 18.5. The van der Waals surface area contributed by atoms with E-state index < -0.39 is 11.9 Å². The van der Waals surface area contributed by atoms with Gasteiger partial charge in [0, 0.05) is 48.2 Å².